The highest BCUT2D eigenvalue weighted by Gasteiger charge is 2.21. The van der Waals surface area contributed by atoms with E-state index in [0.717, 1.165) is 5.56 Å². The van der Waals surface area contributed by atoms with E-state index in [9.17, 15) is 13.2 Å². The summed E-state index contributed by atoms with van der Waals surface area (Å²) in [7, 11) is -2.15. The van der Waals surface area contributed by atoms with Gasteiger partial charge in [0.15, 0.2) is 0 Å². The van der Waals surface area contributed by atoms with E-state index in [1.54, 1.807) is 42.5 Å². The highest BCUT2D eigenvalue weighted by molar-refractivity contribution is 7.89. The molecule has 0 saturated carbocycles. The number of carbonyl (C=O) groups excluding carboxylic acids is 1. The first-order chi connectivity index (χ1) is 12.1. The summed E-state index contributed by atoms with van der Waals surface area (Å²) in [6, 6.07) is 11.5. The molecule has 1 amide bonds. The quantitative estimate of drug-likeness (QED) is 0.804. The van der Waals surface area contributed by atoms with Crippen LogP contribution in [0, 0.1) is 6.92 Å². The molecule has 0 saturated heterocycles. The van der Waals surface area contributed by atoms with Crippen LogP contribution in [-0.2, 0) is 16.6 Å². The molecule has 0 aliphatic heterocycles. The molecule has 140 valence electrons. The molecule has 0 atom stereocenters. The molecule has 0 fully saturated rings. The molecule has 0 aliphatic rings. The largest absolute Gasteiger partial charge is 0.491 e. The Morgan fingerprint density at radius 1 is 1.15 bits per heavy atom. The van der Waals surface area contributed by atoms with Crippen molar-refractivity contribution >= 4 is 15.9 Å². The molecule has 0 unspecified atom stereocenters. The van der Waals surface area contributed by atoms with Crippen LogP contribution in [0.1, 0.15) is 35.3 Å². The molecule has 2 aromatic carbocycles. The minimum Gasteiger partial charge on any atom is -0.491 e. The van der Waals surface area contributed by atoms with Gasteiger partial charge in [-0.05, 0) is 56.7 Å². The highest BCUT2D eigenvalue weighted by Crippen LogP contribution is 2.22. The Morgan fingerprint density at radius 2 is 1.77 bits per heavy atom. The lowest BCUT2D eigenvalue weighted by molar-refractivity contribution is 0.0999. The Balaban J connectivity index is 2.32. The van der Waals surface area contributed by atoms with E-state index in [0.29, 0.717) is 11.3 Å². The third kappa shape index (κ3) is 4.83. The van der Waals surface area contributed by atoms with E-state index in [-0.39, 0.29) is 23.1 Å². The van der Waals surface area contributed by atoms with Crippen LogP contribution in [0.5, 0.6) is 5.75 Å². The zero-order valence-corrected chi connectivity index (χ0v) is 16.2. The summed E-state index contributed by atoms with van der Waals surface area (Å²) in [5.74, 6) is -0.114. The number of nitrogens with zero attached hydrogens (tertiary/aromatic N) is 1. The second-order valence-electron chi connectivity index (χ2n) is 6.47. The monoisotopic (exact) mass is 376 g/mol. The number of carbonyl (C=O) groups is 1. The van der Waals surface area contributed by atoms with Crippen molar-refractivity contribution < 1.29 is 17.9 Å². The maximum atomic E-state index is 12.7. The van der Waals surface area contributed by atoms with Crippen LogP contribution in [0.3, 0.4) is 0 Å². The fourth-order valence-electron chi connectivity index (χ4n) is 2.47. The normalized spacial score (nSPS) is 11.8. The van der Waals surface area contributed by atoms with Gasteiger partial charge in [-0.15, -0.1) is 0 Å². The topological polar surface area (TPSA) is 89.7 Å². The summed E-state index contributed by atoms with van der Waals surface area (Å²) >= 11 is 0. The van der Waals surface area contributed by atoms with Gasteiger partial charge in [0.25, 0.3) is 0 Å². The number of nitrogens with two attached hydrogens (primary N) is 1. The molecule has 6 nitrogen and oxygen atoms in total. The van der Waals surface area contributed by atoms with Crippen molar-refractivity contribution in [2.75, 3.05) is 7.05 Å². The molecule has 2 rings (SSSR count). The number of hydrogen-bond acceptors (Lipinski definition) is 4. The van der Waals surface area contributed by atoms with Gasteiger partial charge in [-0.1, -0.05) is 17.7 Å². The number of primary amides is 1. The molecule has 2 aromatic rings. The number of aryl methyl sites for hydroxylation is 1. The van der Waals surface area contributed by atoms with E-state index >= 15 is 0 Å². The second-order valence-corrected chi connectivity index (χ2v) is 8.52. The summed E-state index contributed by atoms with van der Waals surface area (Å²) in [5.41, 5.74) is 7.26. The number of benzene rings is 2. The minimum absolute atomic E-state index is 0.0833. The van der Waals surface area contributed by atoms with Crippen LogP contribution in [0.4, 0.5) is 0 Å². The van der Waals surface area contributed by atoms with Crippen molar-refractivity contribution in [2.45, 2.75) is 38.3 Å². The first-order valence-corrected chi connectivity index (χ1v) is 9.67. The molecule has 7 heteroatoms. The molecule has 26 heavy (non-hydrogen) atoms. The van der Waals surface area contributed by atoms with Gasteiger partial charge in [-0.25, -0.2) is 8.42 Å². The predicted octanol–water partition coefficient (Wildman–Crippen LogP) is 2.70. The Bertz CT molecular complexity index is 890. The molecule has 2 N–H and O–H groups in total. The van der Waals surface area contributed by atoms with Gasteiger partial charge in [0.2, 0.25) is 15.9 Å². The number of ether oxygens (including phenoxy) is 1. The molecule has 0 aromatic heterocycles. The van der Waals surface area contributed by atoms with Crippen LogP contribution in [0.25, 0.3) is 0 Å². The predicted molar refractivity (Wildman–Crippen MR) is 101 cm³/mol. The van der Waals surface area contributed by atoms with Crippen molar-refractivity contribution in [3.05, 3.63) is 59.2 Å². The summed E-state index contributed by atoms with van der Waals surface area (Å²) in [6.07, 6.45) is -0.0833. The first kappa shape index (κ1) is 19.9. The van der Waals surface area contributed by atoms with E-state index in [2.05, 4.69) is 0 Å². The van der Waals surface area contributed by atoms with Crippen molar-refractivity contribution in [2.24, 2.45) is 5.73 Å². The van der Waals surface area contributed by atoms with E-state index < -0.39 is 15.9 Å². The van der Waals surface area contributed by atoms with Crippen molar-refractivity contribution in [3.8, 4) is 5.75 Å². The van der Waals surface area contributed by atoms with Gasteiger partial charge in [0.1, 0.15) is 5.75 Å². The minimum atomic E-state index is -3.65. The van der Waals surface area contributed by atoms with Crippen LogP contribution in [-0.4, -0.2) is 31.8 Å². The summed E-state index contributed by atoms with van der Waals surface area (Å²) < 4.78 is 32.3. The van der Waals surface area contributed by atoms with Gasteiger partial charge in [0.05, 0.1) is 11.0 Å². The summed E-state index contributed by atoms with van der Waals surface area (Å²) in [6.45, 7) is 5.71. The third-order valence-corrected chi connectivity index (χ3v) is 5.57. The van der Waals surface area contributed by atoms with Gasteiger partial charge < -0.3 is 10.5 Å². The van der Waals surface area contributed by atoms with E-state index in [1.807, 2.05) is 20.8 Å². The Hall–Kier alpha value is -2.38. The van der Waals surface area contributed by atoms with Gasteiger partial charge in [-0.3, -0.25) is 4.79 Å². The van der Waals surface area contributed by atoms with Crippen molar-refractivity contribution in [1.29, 1.82) is 0 Å². The highest BCUT2D eigenvalue weighted by atomic mass is 32.2. The SMILES string of the molecule is Cc1ccc(S(=O)(=O)N(C)Cc2cc(OC(C)C)cc(C(N)=O)c2)cc1. The molecular formula is C19H24N2O4S. The summed E-state index contributed by atoms with van der Waals surface area (Å²) in [5, 5.41) is 0. The molecular weight excluding hydrogens is 352 g/mol. The lowest BCUT2D eigenvalue weighted by Crippen LogP contribution is -2.26. The molecule has 0 aliphatic carbocycles. The summed E-state index contributed by atoms with van der Waals surface area (Å²) in [4.78, 5) is 11.8. The molecule has 0 spiro atoms. The first-order valence-electron chi connectivity index (χ1n) is 8.23. The smallest absolute Gasteiger partial charge is 0.248 e. The molecule has 0 radical (unpaired) electrons. The Labute approximate surface area is 154 Å². The lowest BCUT2D eigenvalue weighted by Gasteiger charge is -2.19. The number of rotatable bonds is 7. The van der Waals surface area contributed by atoms with E-state index in [1.165, 1.54) is 11.4 Å². The zero-order chi connectivity index (χ0) is 19.5. The van der Waals surface area contributed by atoms with Crippen molar-refractivity contribution in [1.82, 2.24) is 4.31 Å². The van der Waals surface area contributed by atoms with Crippen LogP contribution in [0.2, 0.25) is 0 Å². The second kappa shape index (κ2) is 7.88. The number of sulfonamides is 1. The van der Waals surface area contributed by atoms with Crippen molar-refractivity contribution in [3.63, 3.8) is 0 Å². The number of hydrogen-bond donors (Lipinski definition) is 1. The van der Waals surface area contributed by atoms with E-state index in [4.69, 9.17) is 10.5 Å². The fourth-order valence-corrected chi connectivity index (χ4v) is 3.63. The zero-order valence-electron chi connectivity index (χ0n) is 15.4. The van der Waals surface area contributed by atoms with Crippen LogP contribution < -0.4 is 10.5 Å². The lowest BCUT2D eigenvalue weighted by atomic mass is 10.1. The number of amides is 1. The van der Waals surface area contributed by atoms with Crippen LogP contribution in [0.15, 0.2) is 47.4 Å². The average Bonchev–Trinajstić information content (AvgIpc) is 2.54. The Kier molecular flexibility index (Phi) is 6.05. The standard InChI is InChI=1S/C19H24N2O4S/c1-13(2)25-17-10-15(9-16(11-17)19(20)22)12-21(4)26(23,24)18-7-5-14(3)6-8-18/h5-11,13H,12H2,1-4H3,(H2,20,22). The van der Waals surface area contributed by atoms with Gasteiger partial charge in [-0.2, -0.15) is 4.31 Å². The van der Waals surface area contributed by atoms with Crippen LogP contribution >= 0.6 is 0 Å². The maximum absolute atomic E-state index is 12.7. The fraction of sp³-hybridized carbons (Fsp3) is 0.316. The molecule has 0 bridgehead atoms. The van der Waals surface area contributed by atoms with Gasteiger partial charge >= 0.3 is 0 Å². The maximum Gasteiger partial charge on any atom is 0.248 e. The Morgan fingerprint density at radius 3 is 2.31 bits per heavy atom. The average molecular weight is 376 g/mol. The third-order valence-electron chi connectivity index (χ3n) is 3.76. The molecule has 0 heterocycles. The van der Waals surface area contributed by atoms with Gasteiger partial charge in [0, 0.05) is 19.2 Å².